The molecule has 0 spiro atoms. The molecule has 3 aromatic rings. The van der Waals surface area contributed by atoms with E-state index < -0.39 is 0 Å². The number of carbonyl (C=O) groups is 1. The third-order valence-corrected chi connectivity index (χ3v) is 5.52. The van der Waals surface area contributed by atoms with E-state index in [1.165, 1.54) is 0 Å². The largest absolute Gasteiger partial charge is 0.330 e. The van der Waals surface area contributed by atoms with E-state index in [0.717, 1.165) is 46.0 Å². The number of amides is 1. The van der Waals surface area contributed by atoms with Crippen LogP contribution in [0.4, 0.5) is 0 Å². The van der Waals surface area contributed by atoms with Crippen LogP contribution in [0, 0.1) is 6.92 Å². The minimum Gasteiger partial charge on any atom is -0.330 e. The lowest BCUT2D eigenvalue weighted by Crippen LogP contribution is -2.32. The standard InChI is InChI=1S/C20H24ClN3OS/c1-4-10-23(20(25)18-9-6-14(3)26-18)13-19-22-16-8-7-15(21)12-17(16)24(19)11-5-2/h6-9,12H,4-5,10-11,13H2,1-3H3. The summed E-state index contributed by atoms with van der Waals surface area (Å²) < 4.78 is 2.19. The average Bonchev–Trinajstić information content (AvgIpc) is 3.19. The molecule has 26 heavy (non-hydrogen) atoms. The van der Waals surface area contributed by atoms with E-state index in [4.69, 9.17) is 16.6 Å². The maximum absolute atomic E-state index is 13.0. The van der Waals surface area contributed by atoms with Gasteiger partial charge in [0.2, 0.25) is 0 Å². The lowest BCUT2D eigenvalue weighted by atomic mass is 10.3. The second-order valence-corrected chi connectivity index (χ2v) is 8.17. The molecular formula is C20H24ClN3OS. The van der Waals surface area contributed by atoms with Gasteiger partial charge >= 0.3 is 0 Å². The molecule has 1 aromatic carbocycles. The molecule has 0 aliphatic carbocycles. The molecule has 138 valence electrons. The van der Waals surface area contributed by atoms with Gasteiger partial charge in [0, 0.05) is 23.0 Å². The van der Waals surface area contributed by atoms with E-state index in [1.54, 1.807) is 11.3 Å². The predicted molar refractivity (Wildman–Crippen MR) is 109 cm³/mol. The molecule has 0 aliphatic heterocycles. The SMILES string of the molecule is CCCN(Cc1nc2ccc(Cl)cc2n1CCC)C(=O)c1ccc(C)s1. The Hall–Kier alpha value is -1.85. The highest BCUT2D eigenvalue weighted by Crippen LogP contribution is 2.23. The van der Waals surface area contributed by atoms with Gasteiger partial charge < -0.3 is 9.47 Å². The second kappa shape index (κ2) is 8.23. The summed E-state index contributed by atoms with van der Waals surface area (Å²) >= 11 is 7.73. The first kappa shape index (κ1) is 18.9. The minimum atomic E-state index is 0.0816. The van der Waals surface area contributed by atoms with Crippen molar-refractivity contribution in [1.29, 1.82) is 0 Å². The highest BCUT2D eigenvalue weighted by molar-refractivity contribution is 7.13. The van der Waals surface area contributed by atoms with Gasteiger partial charge in [-0.3, -0.25) is 4.79 Å². The lowest BCUT2D eigenvalue weighted by Gasteiger charge is -2.22. The van der Waals surface area contributed by atoms with E-state index in [1.807, 2.05) is 42.2 Å². The number of fused-ring (bicyclic) bond motifs is 1. The molecule has 0 unspecified atom stereocenters. The van der Waals surface area contributed by atoms with Crippen molar-refractivity contribution in [1.82, 2.24) is 14.5 Å². The van der Waals surface area contributed by atoms with Crippen molar-refractivity contribution in [2.75, 3.05) is 6.54 Å². The number of aromatic nitrogens is 2. The molecule has 2 heterocycles. The fourth-order valence-corrected chi connectivity index (χ4v) is 4.14. The van der Waals surface area contributed by atoms with Crippen molar-refractivity contribution >= 4 is 39.9 Å². The van der Waals surface area contributed by atoms with Crippen molar-refractivity contribution in [2.24, 2.45) is 0 Å². The third-order valence-electron chi connectivity index (χ3n) is 4.30. The van der Waals surface area contributed by atoms with Crippen molar-refractivity contribution in [2.45, 2.75) is 46.7 Å². The molecule has 4 nitrogen and oxygen atoms in total. The summed E-state index contributed by atoms with van der Waals surface area (Å²) in [6.07, 6.45) is 1.91. The summed E-state index contributed by atoms with van der Waals surface area (Å²) in [5, 5.41) is 0.705. The normalized spacial score (nSPS) is 11.2. The van der Waals surface area contributed by atoms with Crippen molar-refractivity contribution in [3.63, 3.8) is 0 Å². The van der Waals surface area contributed by atoms with Gasteiger partial charge in [-0.15, -0.1) is 11.3 Å². The Morgan fingerprint density at radius 2 is 2.04 bits per heavy atom. The molecular weight excluding hydrogens is 366 g/mol. The van der Waals surface area contributed by atoms with E-state index in [0.29, 0.717) is 18.1 Å². The summed E-state index contributed by atoms with van der Waals surface area (Å²) in [6.45, 7) is 8.34. The van der Waals surface area contributed by atoms with Crippen LogP contribution in [0.5, 0.6) is 0 Å². The van der Waals surface area contributed by atoms with Gasteiger partial charge in [0.05, 0.1) is 22.5 Å². The van der Waals surface area contributed by atoms with E-state index >= 15 is 0 Å². The Morgan fingerprint density at radius 1 is 1.23 bits per heavy atom. The van der Waals surface area contributed by atoms with Gasteiger partial charge in [0.15, 0.2) is 0 Å². The zero-order chi connectivity index (χ0) is 18.7. The maximum Gasteiger partial charge on any atom is 0.264 e. The predicted octanol–water partition coefficient (Wildman–Crippen LogP) is 5.52. The van der Waals surface area contributed by atoms with Gasteiger partial charge in [-0.05, 0) is 50.1 Å². The van der Waals surface area contributed by atoms with Crippen LogP contribution in [0.3, 0.4) is 0 Å². The van der Waals surface area contributed by atoms with Crippen LogP contribution in [0.1, 0.15) is 47.1 Å². The number of thiophene rings is 1. The van der Waals surface area contributed by atoms with Crippen molar-refractivity contribution < 1.29 is 4.79 Å². The van der Waals surface area contributed by atoms with E-state index in [-0.39, 0.29) is 5.91 Å². The molecule has 0 bridgehead atoms. The molecule has 0 aliphatic rings. The Labute approximate surface area is 163 Å². The summed E-state index contributed by atoms with van der Waals surface area (Å²) in [5.74, 6) is 0.997. The summed E-state index contributed by atoms with van der Waals surface area (Å²) in [4.78, 5) is 21.6. The van der Waals surface area contributed by atoms with Gasteiger partial charge in [0.1, 0.15) is 5.82 Å². The van der Waals surface area contributed by atoms with Crippen LogP contribution in [-0.4, -0.2) is 26.9 Å². The number of halogens is 1. The average molecular weight is 390 g/mol. The Kier molecular flexibility index (Phi) is 5.99. The number of carbonyl (C=O) groups excluding carboxylic acids is 1. The zero-order valence-electron chi connectivity index (χ0n) is 15.5. The fraction of sp³-hybridized carbons (Fsp3) is 0.400. The molecule has 1 amide bonds. The smallest absolute Gasteiger partial charge is 0.264 e. The van der Waals surface area contributed by atoms with E-state index in [9.17, 15) is 4.79 Å². The highest BCUT2D eigenvalue weighted by Gasteiger charge is 2.20. The van der Waals surface area contributed by atoms with E-state index in [2.05, 4.69) is 18.4 Å². The molecule has 0 N–H and O–H groups in total. The number of benzene rings is 1. The number of nitrogens with zero attached hydrogens (tertiary/aromatic N) is 3. The number of hydrogen-bond acceptors (Lipinski definition) is 3. The molecule has 0 radical (unpaired) electrons. The summed E-state index contributed by atoms with van der Waals surface area (Å²) in [7, 11) is 0. The van der Waals surface area contributed by atoms with Crippen LogP contribution >= 0.6 is 22.9 Å². The van der Waals surface area contributed by atoms with Crippen LogP contribution in [0.2, 0.25) is 5.02 Å². The highest BCUT2D eigenvalue weighted by atomic mass is 35.5. The van der Waals surface area contributed by atoms with Crippen LogP contribution < -0.4 is 0 Å². The quantitative estimate of drug-likeness (QED) is 0.533. The van der Waals surface area contributed by atoms with Crippen LogP contribution in [0.15, 0.2) is 30.3 Å². The first-order valence-corrected chi connectivity index (χ1v) is 10.2. The first-order chi connectivity index (χ1) is 12.5. The Balaban J connectivity index is 1.95. The van der Waals surface area contributed by atoms with Crippen LogP contribution in [0.25, 0.3) is 11.0 Å². The van der Waals surface area contributed by atoms with Gasteiger partial charge in [-0.25, -0.2) is 4.98 Å². The molecule has 2 aromatic heterocycles. The van der Waals surface area contributed by atoms with Gasteiger partial charge in [-0.1, -0.05) is 25.4 Å². The molecule has 3 rings (SSSR count). The second-order valence-electron chi connectivity index (χ2n) is 6.45. The van der Waals surface area contributed by atoms with Gasteiger partial charge in [0.25, 0.3) is 5.91 Å². The minimum absolute atomic E-state index is 0.0816. The monoisotopic (exact) mass is 389 g/mol. The summed E-state index contributed by atoms with van der Waals surface area (Å²) in [6, 6.07) is 9.68. The fourth-order valence-electron chi connectivity index (χ4n) is 3.14. The molecule has 0 fully saturated rings. The Bertz CT molecular complexity index is 915. The lowest BCUT2D eigenvalue weighted by molar-refractivity contribution is 0.0742. The molecule has 0 saturated carbocycles. The topological polar surface area (TPSA) is 38.1 Å². The Morgan fingerprint density at radius 3 is 2.69 bits per heavy atom. The maximum atomic E-state index is 13.0. The third kappa shape index (κ3) is 3.94. The van der Waals surface area contributed by atoms with Gasteiger partial charge in [-0.2, -0.15) is 0 Å². The van der Waals surface area contributed by atoms with Crippen molar-refractivity contribution in [3.05, 3.63) is 50.9 Å². The first-order valence-electron chi connectivity index (χ1n) is 9.03. The number of aryl methyl sites for hydroxylation is 2. The molecule has 0 saturated heterocycles. The zero-order valence-corrected chi connectivity index (χ0v) is 17.0. The molecule has 0 atom stereocenters. The summed E-state index contributed by atoms with van der Waals surface area (Å²) in [5.41, 5.74) is 1.96. The molecule has 6 heteroatoms. The van der Waals surface area contributed by atoms with Crippen molar-refractivity contribution in [3.8, 4) is 0 Å². The number of imidazole rings is 1. The number of hydrogen-bond donors (Lipinski definition) is 0. The van der Waals surface area contributed by atoms with Crippen LogP contribution in [-0.2, 0) is 13.1 Å². The number of rotatable bonds is 7.